The average molecular weight is 1400 g/mol. The summed E-state index contributed by atoms with van der Waals surface area (Å²) in [6, 6.07) is 142. The lowest BCUT2D eigenvalue weighted by molar-refractivity contribution is 0.669. The van der Waals surface area contributed by atoms with Gasteiger partial charge in [-0.3, -0.25) is 0 Å². The monoisotopic (exact) mass is 1400 g/mol. The Kier molecular flexibility index (Phi) is 13.8. The molecule has 18 aromatic carbocycles. The van der Waals surface area contributed by atoms with E-state index in [9.17, 15) is 0 Å². The summed E-state index contributed by atoms with van der Waals surface area (Å²) < 4.78 is 15.8. The van der Waals surface area contributed by atoms with E-state index in [0.29, 0.717) is 0 Å². The Balaban J connectivity index is 0.000000132. The van der Waals surface area contributed by atoms with E-state index in [2.05, 4.69) is 394 Å². The first-order chi connectivity index (χ1) is 54.5. The van der Waals surface area contributed by atoms with Gasteiger partial charge in [0, 0.05) is 76.0 Å². The molecule has 23 aromatic rings. The van der Waals surface area contributed by atoms with Gasteiger partial charge in [0.05, 0.1) is 55.5 Å². The molecule has 0 fully saturated rings. The number of fused-ring (bicyclic) bond motifs is 20. The minimum atomic E-state index is 0.915. The molecule has 24 rings (SSSR count). The highest BCUT2D eigenvalue weighted by molar-refractivity contribution is 6.16. The molecule has 0 saturated carbocycles. The lowest BCUT2D eigenvalue weighted by Crippen LogP contribution is -1.95. The molecule has 1 aliphatic rings. The molecule has 5 nitrogen and oxygen atoms in total. The molecule has 0 spiro atoms. The van der Waals surface area contributed by atoms with E-state index < -0.39 is 0 Å². The van der Waals surface area contributed by atoms with Crippen LogP contribution < -0.4 is 0 Å². The lowest BCUT2D eigenvalue weighted by atomic mass is 9.97. The van der Waals surface area contributed by atoms with Crippen molar-refractivity contribution < 1.29 is 4.42 Å². The number of rotatable bonds is 8. The summed E-state index contributed by atoms with van der Waals surface area (Å²) in [6.07, 6.45) is 0.999. The van der Waals surface area contributed by atoms with Gasteiger partial charge in [-0.2, -0.15) is 0 Å². The van der Waals surface area contributed by atoms with Gasteiger partial charge >= 0.3 is 0 Å². The summed E-state index contributed by atoms with van der Waals surface area (Å²) in [4.78, 5) is 0. The van der Waals surface area contributed by atoms with Crippen LogP contribution in [0.2, 0.25) is 0 Å². The van der Waals surface area contributed by atoms with E-state index in [-0.39, 0.29) is 0 Å². The zero-order chi connectivity index (χ0) is 72.1. The average Bonchev–Trinajstić information content (AvgIpc) is 1.58. The van der Waals surface area contributed by atoms with Crippen LogP contribution in [0.3, 0.4) is 0 Å². The number of aromatic nitrogens is 4. The predicted octanol–water partition coefficient (Wildman–Crippen LogP) is 28.2. The van der Waals surface area contributed by atoms with E-state index in [1.54, 1.807) is 0 Å². The van der Waals surface area contributed by atoms with Crippen molar-refractivity contribution in [2.24, 2.45) is 0 Å². The van der Waals surface area contributed by atoms with Crippen LogP contribution >= 0.6 is 0 Å². The van der Waals surface area contributed by atoms with Crippen LogP contribution in [0.25, 0.3) is 209 Å². The molecule has 0 amide bonds. The molecule has 0 saturated heterocycles. The Hall–Kier alpha value is -14.5. The van der Waals surface area contributed by atoms with Crippen molar-refractivity contribution in [3.63, 3.8) is 0 Å². The Morgan fingerprint density at radius 1 is 0.182 bits per heavy atom. The van der Waals surface area contributed by atoms with E-state index in [1.807, 2.05) is 12.1 Å². The van der Waals surface area contributed by atoms with Crippen molar-refractivity contribution in [2.75, 3.05) is 0 Å². The van der Waals surface area contributed by atoms with Gasteiger partial charge in [0.1, 0.15) is 11.2 Å². The number of hydrogen-bond acceptors (Lipinski definition) is 1. The molecule has 1 aliphatic carbocycles. The summed E-state index contributed by atoms with van der Waals surface area (Å²) in [7, 11) is 0. The topological polar surface area (TPSA) is 32.9 Å². The maximum absolute atomic E-state index is 6.12. The fourth-order valence-corrected chi connectivity index (χ4v) is 18.3. The van der Waals surface area contributed by atoms with Gasteiger partial charge in [-0.05, 0) is 211 Å². The van der Waals surface area contributed by atoms with E-state index in [0.717, 1.165) is 28.4 Å². The van der Waals surface area contributed by atoms with Gasteiger partial charge in [-0.1, -0.05) is 261 Å². The Morgan fingerprint density at radius 3 is 1.07 bits per heavy atom. The van der Waals surface area contributed by atoms with Crippen molar-refractivity contribution in [3.8, 4) is 78.4 Å². The largest absolute Gasteiger partial charge is 0.456 e. The van der Waals surface area contributed by atoms with Crippen molar-refractivity contribution in [3.05, 3.63) is 399 Å². The predicted molar refractivity (Wildman–Crippen MR) is 463 cm³/mol. The number of furan rings is 1. The Labute approximate surface area is 633 Å². The fraction of sp³-hybridized carbons (Fsp3) is 0.00952. The second kappa shape index (κ2) is 24.5. The minimum Gasteiger partial charge on any atom is -0.456 e. The number of hydrogen-bond donors (Lipinski definition) is 0. The number of nitrogens with zero attached hydrogens (tertiary/aromatic N) is 4. The summed E-state index contributed by atoms with van der Waals surface area (Å²) in [6.45, 7) is 0. The van der Waals surface area contributed by atoms with Crippen LogP contribution in [0.5, 0.6) is 0 Å². The fourth-order valence-electron chi connectivity index (χ4n) is 18.3. The molecule has 5 aromatic heterocycles. The Morgan fingerprint density at radius 2 is 0.536 bits per heavy atom. The molecule has 0 bridgehead atoms. The van der Waals surface area contributed by atoms with Gasteiger partial charge in [0.25, 0.3) is 0 Å². The molecule has 0 unspecified atom stereocenters. The van der Waals surface area contributed by atoms with Crippen molar-refractivity contribution in [2.45, 2.75) is 6.42 Å². The maximum atomic E-state index is 6.12. The zero-order valence-electron chi connectivity index (χ0n) is 59.9. The smallest absolute Gasteiger partial charge is 0.135 e. The number of para-hydroxylation sites is 7. The van der Waals surface area contributed by atoms with Gasteiger partial charge in [0.2, 0.25) is 0 Å². The first-order valence-electron chi connectivity index (χ1n) is 38.0. The molecule has 0 radical (unpaired) electrons. The second-order valence-corrected chi connectivity index (χ2v) is 29.5. The van der Waals surface area contributed by atoms with Crippen LogP contribution in [0.1, 0.15) is 11.1 Å². The standard InChI is InChI=1S/C53H34N2.C52H32N2O/c1-2-13-41(14-3-1)54-50-18-8-6-16-45(50)47-27-23-37(33-53(47)54)36-24-28-52-48(32-36)46-17-7-9-19-51(46)55(52)49-20-10-12-39-29-34(22-26-44(39)49)35-21-25-43-40(30-35)31-38-11-4-5-15-42(38)43;1-2-12-38(13-3-1)53-47-17-7-4-14-40(47)42-26-22-36(32-50(42)53)34-23-27-49-44(30-34)41-15-5-8-18-48(41)54(49)46-19-10-11-37-29-33(21-25-39(37)46)35-24-28-52-45(31-35)43-16-6-9-20-51(43)55-52/h1-30,32-33H,31H2;1-32H. The molecule has 0 aliphatic heterocycles. The summed E-state index contributed by atoms with van der Waals surface area (Å²) >= 11 is 0. The van der Waals surface area contributed by atoms with Gasteiger partial charge in [-0.15, -0.1) is 0 Å². The summed E-state index contributed by atoms with van der Waals surface area (Å²) in [5.74, 6) is 0. The highest BCUT2D eigenvalue weighted by Gasteiger charge is 2.23. The minimum absolute atomic E-state index is 0.915. The molecule has 110 heavy (non-hydrogen) atoms. The molecule has 512 valence electrons. The van der Waals surface area contributed by atoms with Gasteiger partial charge in [-0.25, -0.2) is 0 Å². The SMILES string of the molecule is c1ccc(-n2c3ccccc3c3ccc(-c4ccc5c(c4)c4ccccc4n5-c4cccc5cc(-c6ccc7c(c6)Cc6ccccc6-7)ccc45)cc32)cc1.c1ccc(-n2c3ccccc3c3ccc(-c4ccc5c(c4)c4ccccc4n5-c4cccc5cc(-c6ccc7oc8ccccc8c7c6)ccc45)cc32)cc1. The van der Waals surface area contributed by atoms with Crippen LogP contribution in [0, 0.1) is 0 Å². The van der Waals surface area contributed by atoms with Crippen molar-refractivity contribution in [1.29, 1.82) is 0 Å². The normalized spacial score (nSPS) is 12.1. The molecule has 5 heteroatoms. The van der Waals surface area contributed by atoms with Crippen LogP contribution in [0.4, 0.5) is 0 Å². The highest BCUT2D eigenvalue weighted by atomic mass is 16.3. The molecule has 0 atom stereocenters. The zero-order valence-corrected chi connectivity index (χ0v) is 59.9. The van der Waals surface area contributed by atoms with E-state index in [4.69, 9.17) is 4.42 Å². The highest BCUT2D eigenvalue weighted by Crippen LogP contribution is 2.45. The maximum Gasteiger partial charge on any atom is 0.135 e. The summed E-state index contributed by atoms with van der Waals surface area (Å²) in [5, 5.41) is 17.2. The third-order valence-corrected chi connectivity index (χ3v) is 23.4. The molecular formula is C105H66N4O. The van der Waals surface area contributed by atoms with Crippen molar-refractivity contribution >= 4 is 131 Å². The first-order valence-corrected chi connectivity index (χ1v) is 38.0. The molecular weight excluding hydrogens is 1330 g/mol. The first kappa shape index (κ1) is 61.8. The third kappa shape index (κ3) is 9.67. The number of benzene rings is 18. The van der Waals surface area contributed by atoms with E-state index >= 15 is 0 Å². The van der Waals surface area contributed by atoms with Crippen LogP contribution in [0.15, 0.2) is 393 Å². The quantitative estimate of drug-likeness (QED) is 0.149. The second-order valence-electron chi connectivity index (χ2n) is 29.5. The van der Waals surface area contributed by atoms with Gasteiger partial charge in [0.15, 0.2) is 0 Å². The lowest BCUT2D eigenvalue weighted by Gasteiger charge is -2.13. The summed E-state index contributed by atoms with van der Waals surface area (Å²) in [5.41, 5.74) is 31.5. The van der Waals surface area contributed by atoms with Crippen molar-refractivity contribution in [1.82, 2.24) is 18.3 Å². The molecule has 5 heterocycles. The van der Waals surface area contributed by atoms with Crippen LogP contribution in [-0.4, -0.2) is 18.3 Å². The Bertz CT molecular complexity index is 7750. The van der Waals surface area contributed by atoms with Crippen LogP contribution in [-0.2, 0) is 6.42 Å². The molecule has 0 N–H and O–H groups in total. The third-order valence-electron chi connectivity index (χ3n) is 23.4. The van der Waals surface area contributed by atoms with E-state index in [1.165, 1.54) is 198 Å². The van der Waals surface area contributed by atoms with Gasteiger partial charge < -0.3 is 22.7 Å².